The van der Waals surface area contributed by atoms with Gasteiger partial charge < -0.3 is 11.1 Å². The molecule has 1 aromatic carbocycles. The van der Waals surface area contributed by atoms with Crippen molar-refractivity contribution in [1.82, 2.24) is 10.2 Å². The van der Waals surface area contributed by atoms with E-state index in [1.165, 1.54) is 5.56 Å². The van der Waals surface area contributed by atoms with Crippen molar-refractivity contribution < 1.29 is 4.79 Å². The van der Waals surface area contributed by atoms with Crippen LogP contribution < -0.4 is 11.1 Å². The highest BCUT2D eigenvalue weighted by Crippen LogP contribution is 2.29. The lowest BCUT2D eigenvalue weighted by atomic mass is 9.99. The highest BCUT2D eigenvalue weighted by atomic mass is 79.9. The molecule has 1 aromatic rings. The molecule has 1 fully saturated rings. The van der Waals surface area contributed by atoms with E-state index in [4.69, 9.17) is 5.73 Å². The lowest BCUT2D eigenvalue weighted by Crippen LogP contribution is -2.41. The van der Waals surface area contributed by atoms with Gasteiger partial charge in [-0.3, -0.25) is 9.69 Å². The number of amides is 1. The Bertz CT molecular complexity index is 478. The lowest BCUT2D eigenvalue weighted by Gasteiger charge is -2.31. The monoisotopic (exact) mass is 339 g/mol. The van der Waals surface area contributed by atoms with E-state index in [9.17, 15) is 4.79 Å². The first-order valence-corrected chi connectivity index (χ1v) is 7.79. The number of nitrogens with one attached hydrogen (secondary N) is 1. The van der Waals surface area contributed by atoms with E-state index in [0.717, 1.165) is 24.0 Å². The highest BCUT2D eigenvalue weighted by Gasteiger charge is 2.31. The lowest BCUT2D eigenvalue weighted by molar-refractivity contribution is -0.119. The molecule has 3 atom stereocenters. The van der Waals surface area contributed by atoms with E-state index in [1.54, 1.807) is 6.92 Å². The third-order valence-corrected chi connectivity index (χ3v) is 4.20. The molecule has 1 aliphatic rings. The molecule has 2 rings (SSSR count). The second-order valence-electron chi connectivity index (χ2n) is 5.54. The fourth-order valence-electron chi connectivity index (χ4n) is 2.98. The van der Waals surface area contributed by atoms with Crippen LogP contribution in [0.4, 0.5) is 0 Å². The Morgan fingerprint density at radius 2 is 2.30 bits per heavy atom. The molecule has 110 valence electrons. The molecule has 3 unspecified atom stereocenters. The molecule has 1 aliphatic heterocycles. The molecule has 0 spiro atoms. The van der Waals surface area contributed by atoms with Crippen molar-refractivity contribution in [3.63, 3.8) is 0 Å². The van der Waals surface area contributed by atoms with E-state index in [0.29, 0.717) is 0 Å². The van der Waals surface area contributed by atoms with Gasteiger partial charge in [-0.25, -0.2) is 0 Å². The predicted molar refractivity (Wildman–Crippen MR) is 84.3 cm³/mol. The molecule has 5 heteroatoms. The molecule has 1 amide bonds. The first-order valence-electron chi connectivity index (χ1n) is 6.99. The average molecular weight is 340 g/mol. The Balaban J connectivity index is 2.12. The van der Waals surface area contributed by atoms with Gasteiger partial charge in [-0.05, 0) is 31.0 Å². The Morgan fingerprint density at radius 3 is 2.90 bits per heavy atom. The Morgan fingerprint density at radius 1 is 1.55 bits per heavy atom. The molecule has 3 N–H and O–H groups in total. The molecule has 1 saturated heterocycles. The quantitative estimate of drug-likeness (QED) is 0.882. The normalized spacial score (nSPS) is 22.5. The summed E-state index contributed by atoms with van der Waals surface area (Å²) in [4.78, 5) is 13.5. The molecule has 0 bridgehead atoms. The van der Waals surface area contributed by atoms with Crippen LogP contribution in [0.15, 0.2) is 28.7 Å². The van der Waals surface area contributed by atoms with Crippen LogP contribution in [-0.2, 0) is 4.79 Å². The number of nitrogens with two attached hydrogens (primary N) is 1. The van der Waals surface area contributed by atoms with E-state index in [1.807, 2.05) is 19.1 Å². The summed E-state index contributed by atoms with van der Waals surface area (Å²) in [5.41, 5.74) is 7.42. The molecule has 0 radical (unpaired) electrons. The molecule has 1 heterocycles. The number of hydrogen-bond acceptors (Lipinski definition) is 3. The van der Waals surface area contributed by atoms with Crippen LogP contribution >= 0.6 is 15.9 Å². The van der Waals surface area contributed by atoms with Crippen molar-refractivity contribution in [3.8, 4) is 0 Å². The maximum atomic E-state index is 11.2. The third-order valence-electron chi connectivity index (χ3n) is 3.71. The smallest absolute Gasteiger partial charge is 0.217 e. The standard InChI is InChI=1S/C15H22BrN3O/c1-10(17)15(12-4-3-5-13(16)8-12)19-7-6-14(9-19)18-11(2)20/h3-5,8,10,14-15H,6-7,9,17H2,1-2H3,(H,18,20). The van der Waals surface area contributed by atoms with Gasteiger partial charge in [-0.2, -0.15) is 0 Å². The van der Waals surface area contributed by atoms with Crippen LogP contribution in [-0.4, -0.2) is 36.0 Å². The van der Waals surface area contributed by atoms with Crippen molar-refractivity contribution in [2.24, 2.45) is 5.73 Å². The molecule has 20 heavy (non-hydrogen) atoms. The summed E-state index contributed by atoms with van der Waals surface area (Å²) in [6.45, 7) is 5.43. The van der Waals surface area contributed by atoms with Gasteiger partial charge in [0, 0.05) is 42.6 Å². The van der Waals surface area contributed by atoms with Gasteiger partial charge in [-0.15, -0.1) is 0 Å². The molecule has 4 nitrogen and oxygen atoms in total. The average Bonchev–Trinajstić information content (AvgIpc) is 2.76. The fraction of sp³-hybridized carbons (Fsp3) is 0.533. The SMILES string of the molecule is CC(=O)NC1CCN(C(c2cccc(Br)c2)C(C)N)C1. The second kappa shape index (κ2) is 6.70. The Hall–Kier alpha value is -0.910. The van der Waals surface area contributed by atoms with Crippen molar-refractivity contribution in [2.75, 3.05) is 13.1 Å². The van der Waals surface area contributed by atoms with Gasteiger partial charge in [0.05, 0.1) is 0 Å². The number of hydrogen-bond donors (Lipinski definition) is 2. The minimum absolute atomic E-state index is 0.0386. The largest absolute Gasteiger partial charge is 0.352 e. The van der Waals surface area contributed by atoms with Crippen molar-refractivity contribution in [2.45, 2.75) is 38.4 Å². The van der Waals surface area contributed by atoms with E-state index in [-0.39, 0.29) is 24.0 Å². The Labute approximate surface area is 128 Å². The number of halogens is 1. The van der Waals surface area contributed by atoms with Crippen LogP contribution in [0.5, 0.6) is 0 Å². The first-order chi connectivity index (χ1) is 9.47. The summed E-state index contributed by atoms with van der Waals surface area (Å²) in [7, 11) is 0. The van der Waals surface area contributed by atoms with Crippen LogP contribution in [0, 0.1) is 0 Å². The molecule has 0 aliphatic carbocycles. The summed E-state index contributed by atoms with van der Waals surface area (Å²) in [5.74, 6) is 0.0386. The summed E-state index contributed by atoms with van der Waals surface area (Å²) in [6, 6.07) is 8.76. The van der Waals surface area contributed by atoms with Gasteiger partial charge in [-0.1, -0.05) is 28.1 Å². The van der Waals surface area contributed by atoms with Gasteiger partial charge in [0.15, 0.2) is 0 Å². The number of carbonyl (C=O) groups excluding carboxylic acids is 1. The van der Waals surface area contributed by atoms with Gasteiger partial charge in [0.2, 0.25) is 5.91 Å². The van der Waals surface area contributed by atoms with Crippen molar-refractivity contribution in [3.05, 3.63) is 34.3 Å². The van der Waals surface area contributed by atoms with E-state index >= 15 is 0 Å². The van der Waals surface area contributed by atoms with Crippen LogP contribution in [0.3, 0.4) is 0 Å². The van der Waals surface area contributed by atoms with Gasteiger partial charge in [0.1, 0.15) is 0 Å². The molecular formula is C15H22BrN3O. The zero-order valence-electron chi connectivity index (χ0n) is 12.0. The highest BCUT2D eigenvalue weighted by molar-refractivity contribution is 9.10. The Kier molecular flexibility index (Phi) is 5.18. The minimum atomic E-state index is 0.0386. The van der Waals surface area contributed by atoms with Gasteiger partial charge in [0.25, 0.3) is 0 Å². The predicted octanol–water partition coefficient (Wildman–Crippen LogP) is 2.05. The first kappa shape index (κ1) is 15.5. The topological polar surface area (TPSA) is 58.4 Å². The summed E-state index contributed by atoms with van der Waals surface area (Å²) in [5, 5.41) is 3.00. The zero-order chi connectivity index (χ0) is 14.7. The summed E-state index contributed by atoms with van der Waals surface area (Å²) >= 11 is 3.52. The van der Waals surface area contributed by atoms with E-state index < -0.39 is 0 Å². The van der Waals surface area contributed by atoms with Crippen molar-refractivity contribution in [1.29, 1.82) is 0 Å². The van der Waals surface area contributed by atoms with Crippen LogP contribution in [0.1, 0.15) is 31.9 Å². The summed E-state index contributed by atoms with van der Waals surface area (Å²) < 4.78 is 1.07. The van der Waals surface area contributed by atoms with Crippen molar-refractivity contribution >= 4 is 21.8 Å². The number of nitrogens with zero attached hydrogens (tertiary/aromatic N) is 1. The maximum absolute atomic E-state index is 11.2. The molecule has 0 aromatic heterocycles. The van der Waals surface area contributed by atoms with Crippen LogP contribution in [0.25, 0.3) is 0 Å². The second-order valence-corrected chi connectivity index (χ2v) is 6.46. The molecule has 0 saturated carbocycles. The molecular weight excluding hydrogens is 318 g/mol. The maximum Gasteiger partial charge on any atom is 0.217 e. The van der Waals surface area contributed by atoms with E-state index in [2.05, 4.69) is 38.3 Å². The number of carbonyl (C=O) groups is 1. The zero-order valence-corrected chi connectivity index (χ0v) is 13.6. The number of likely N-dealkylation sites (tertiary alicyclic amines) is 1. The minimum Gasteiger partial charge on any atom is -0.352 e. The van der Waals surface area contributed by atoms with Gasteiger partial charge >= 0.3 is 0 Å². The third kappa shape index (κ3) is 3.81. The summed E-state index contributed by atoms with van der Waals surface area (Å²) in [6.07, 6.45) is 0.983. The van der Waals surface area contributed by atoms with Crippen LogP contribution in [0.2, 0.25) is 0 Å². The number of benzene rings is 1. The fourth-order valence-corrected chi connectivity index (χ4v) is 3.40. The number of rotatable bonds is 4.